The Morgan fingerprint density at radius 2 is 2.42 bits per heavy atom. The molecule has 1 aliphatic heterocycles. The lowest BCUT2D eigenvalue weighted by molar-refractivity contribution is 0.0953. The average Bonchev–Trinajstić information content (AvgIpc) is 2.45. The first-order valence-electron chi connectivity index (χ1n) is 6.44. The first-order chi connectivity index (χ1) is 9.20. The van der Waals surface area contributed by atoms with Crippen molar-refractivity contribution < 1.29 is 4.79 Å². The first-order valence-corrected chi connectivity index (χ1v) is 7.86. The van der Waals surface area contributed by atoms with Crippen molar-refractivity contribution in [3.8, 4) is 0 Å². The maximum absolute atomic E-state index is 12.0. The van der Waals surface area contributed by atoms with Crippen LogP contribution in [0, 0.1) is 0 Å². The van der Waals surface area contributed by atoms with Crippen LogP contribution in [0.4, 0.5) is 5.82 Å². The zero-order chi connectivity index (χ0) is 13.7. The third-order valence-corrected chi connectivity index (χ3v) is 4.79. The van der Waals surface area contributed by atoms with Crippen LogP contribution in [0.25, 0.3) is 0 Å². The van der Waals surface area contributed by atoms with Gasteiger partial charge in [0.2, 0.25) is 0 Å². The molecule has 1 amide bonds. The van der Waals surface area contributed by atoms with Gasteiger partial charge in [0.1, 0.15) is 5.82 Å². The Balaban J connectivity index is 1.90. The number of aromatic nitrogens is 1. The van der Waals surface area contributed by atoms with Crippen LogP contribution < -0.4 is 10.6 Å². The topological polar surface area (TPSA) is 54.0 Å². The van der Waals surface area contributed by atoms with Crippen LogP contribution in [-0.2, 0) is 0 Å². The van der Waals surface area contributed by atoms with Crippen molar-refractivity contribution in [2.24, 2.45) is 0 Å². The first kappa shape index (κ1) is 14.5. The molecule has 2 rings (SSSR count). The number of nitrogens with one attached hydrogen (secondary N) is 2. The highest BCUT2D eigenvalue weighted by Crippen LogP contribution is 2.24. The molecule has 1 fully saturated rings. The van der Waals surface area contributed by atoms with Crippen LogP contribution in [0.1, 0.15) is 29.6 Å². The minimum atomic E-state index is -0.108. The number of nitrogens with zero attached hydrogens (tertiary/aromatic N) is 1. The van der Waals surface area contributed by atoms with E-state index in [1.165, 1.54) is 25.0 Å². The number of pyridine rings is 1. The summed E-state index contributed by atoms with van der Waals surface area (Å²) >= 11 is 7.96. The maximum atomic E-state index is 12.0. The largest absolute Gasteiger partial charge is 0.372 e. The average molecular weight is 300 g/mol. The number of carbonyl (C=O) groups is 1. The van der Waals surface area contributed by atoms with Crippen molar-refractivity contribution >= 4 is 35.1 Å². The Hall–Kier alpha value is -0.940. The van der Waals surface area contributed by atoms with Crippen molar-refractivity contribution in [3.05, 3.63) is 22.8 Å². The van der Waals surface area contributed by atoms with Gasteiger partial charge in [-0.1, -0.05) is 18.0 Å². The third-order valence-electron chi connectivity index (χ3n) is 3.10. The van der Waals surface area contributed by atoms with Gasteiger partial charge < -0.3 is 10.6 Å². The fourth-order valence-electron chi connectivity index (χ4n) is 2.02. The van der Waals surface area contributed by atoms with E-state index in [2.05, 4.69) is 15.6 Å². The highest BCUT2D eigenvalue weighted by Gasteiger charge is 2.16. The zero-order valence-corrected chi connectivity index (χ0v) is 12.5. The van der Waals surface area contributed by atoms with E-state index in [4.69, 9.17) is 11.6 Å². The van der Waals surface area contributed by atoms with Crippen LogP contribution in [0.15, 0.2) is 12.3 Å². The highest BCUT2D eigenvalue weighted by molar-refractivity contribution is 7.99. The number of hydrogen-bond acceptors (Lipinski definition) is 4. The Kier molecular flexibility index (Phi) is 5.34. The van der Waals surface area contributed by atoms with E-state index in [0.29, 0.717) is 21.7 Å². The van der Waals surface area contributed by atoms with Gasteiger partial charge in [0.05, 0.1) is 10.6 Å². The van der Waals surface area contributed by atoms with Crippen LogP contribution in [0.2, 0.25) is 5.02 Å². The van der Waals surface area contributed by atoms with Gasteiger partial charge in [-0.05, 0) is 24.7 Å². The van der Waals surface area contributed by atoms with Gasteiger partial charge >= 0.3 is 0 Å². The molecule has 4 nitrogen and oxygen atoms in total. The lowest BCUT2D eigenvalue weighted by Gasteiger charge is -2.21. The molecule has 1 unspecified atom stereocenters. The number of anilines is 1. The minimum Gasteiger partial charge on any atom is -0.372 e. The molecule has 104 valence electrons. The van der Waals surface area contributed by atoms with E-state index < -0.39 is 0 Å². The lowest BCUT2D eigenvalue weighted by Crippen LogP contribution is -2.32. The summed E-state index contributed by atoms with van der Waals surface area (Å²) in [6.45, 7) is 0.717. The summed E-state index contributed by atoms with van der Waals surface area (Å²) in [7, 11) is 1.74. The lowest BCUT2D eigenvalue weighted by atomic mass is 10.2. The molecule has 1 saturated heterocycles. The van der Waals surface area contributed by atoms with Gasteiger partial charge in [-0.25, -0.2) is 4.98 Å². The summed E-state index contributed by atoms with van der Waals surface area (Å²) < 4.78 is 0. The molecular weight excluding hydrogens is 282 g/mol. The maximum Gasteiger partial charge on any atom is 0.252 e. The molecule has 0 bridgehead atoms. The molecule has 2 N–H and O–H groups in total. The van der Waals surface area contributed by atoms with Crippen molar-refractivity contribution in [2.75, 3.05) is 24.7 Å². The molecule has 6 heteroatoms. The van der Waals surface area contributed by atoms with Gasteiger partial charge in [0, 0.05) is 25.0 Å². The van der Waals surface area contributed by atoms with Crippen LogP contribution in [-0.4, -0.2) is 35.5 Å². The summed E-state index contributed by atoms with van der Waals surface area (Å²) in [4.78, 5) is 16.1. The normalized spacial score (nSPS) is 18.9. The third kappa shape index (κ3) is 4.01. The second-order valence-electron chi connectivity index (χ2n) is 4.50. The fourth-order valence-corrected chi connectivity index (χ4v) is 3.52. The Morgan fingerprint density at radius 3 is 3.05 bits per heavy atom. The van der Waals surface area contributed by atoms with Gasteiger partial charge in [-0.3, -0.25) is 4.79 Å². The van der Waals surface area contributed by atoms with Gasteiger partial charge in [-0.15, -0.1) is 0 Å². The van der Waals surface area contributed by atoms with Crippen molar-refractivity contribution in [3.63, 3.8) is 0 Å². The molecule has 1 atom stereocenters. The molecule has 1 aromatic heterocycles. The number of halogens is 1. The number of thioether (sulfide) groups is 1. The summed E-state index contributed by atoms with van der Waals surface area (Å²) in [5, 5.41) is 6.82. The molecule has 1 aromatic rings. The summed E-state index contributed by atoms with van der Waals surface area (Å²) in [5.74, 6) is 1.68. The van der Waals surface area contributed by atoms with E-state index in [1.807, 2.05) is 11.8 Å². The monoisotopic (exact) mass is 299 g/mol. The summed E-state index contributed by atoms with van der Waals surface area (Å²) in [6, 6.07) is 1.64. The number of amides is 1. The van der Waals surface area contributed by atoms with Gasteiger partial charge in [0.15, 0.2) is 0 Å². The molecule has 1 aliphatic rings. The predicted molar refractivity (Wildman–Crippen MR) is 81.2 cm³/mol. The SMILES string of the molecule is CNc1ncc(C(=O)NCC2CCCCS2)cc1Cl. The molecule has 0 saturated carbocycles. The summed E-state index contributed by atoms with van der Waals surface area (Å²) in [5.41, 5.74) is 0.504. The Labute approximate surface area is 122 Å². The zero-order valence-electron chi connectivity index (χ0n) is 10.9. The molecule has 0 aromatic carbocycles. The van der Waals surface area contributed by atoms with Crippen molar-refractivity contribution in [2.45, 2.75) is 24.5 Å². The number of carbonyl (C=O) groups excluding carboxylic acids is 1. The Morgan fingerprint density at radius 1 is 1.58 bits per heavy atom. The van der Waals surface area contributed by atoms with Crippen molar-refractivity contribution in [1.29, 1.82) is 0 Å². The minimum absolute atomic E-state index is 0.108. The molecule has 0 radical (unpaired) electrons. The van der Waals surface area contributed by atoms with Crippen molar-refractivity contribution in [1.82, 2.24) is 10.3 Å². The smallest absolute Gasteiger partial charge is 0.252 e. The van der Waals surface area contributed by atoms with Crippen LogP contribution >= 0.6 is 23.4 Å². The molecule has 0 spiro atoms. The molecule has 0 aliphatic carbocycles. The number of rotatable bonds is 4. The predicted octanol–water partition coefficient (Wildman–Crippen LogP) is 2.79. The van der Waals surface area contributed by atoms with E-state index in [0.717, 1.165) is 6.54 Å². The van der Waals surface area contributed by atoms with E-state index in [1.54, 1.807) is 19.3 Å². The number of hydrogen-bond donors (Lipinski definition) is 2. The van der Waals surface area contributed by atoms with Gasteiger partial charge in [-0.2, -0.15) is 11.8 Å². The highest BCUT2D eigenvalue weighted by atomic mass is 35.5. The standard InChI is InChI=1S/C13H18ClN3OS/c1-15-12-11(14)6-9(7-16-12)13(18)17-8-10-4-2-3-5-19-10/h6-7,10H,2-5,8H2,1H3,(H,15,16)(H,17,18). The van der Waals surface area contributed by atoms with Crippen LogP contribution in [0.5, 0.6) is 0 Å². The van der Waals surface area contributed by atoms with E-state index in [9.17, 15) is 4.79 Å². The Bertz CT molecular complexity index is 450. The summed E-state index contributed by atoms with van der Waals surface area (Å²) in [6.07, 6.45) is 5.28. The second kappa shape index (κ2) is 7.01. The molecule has 19 heavy (non-hydrogen) atoms. The fraction of sp³-hybridized carbons (Fsp3) is 0.538. The van der Waals surface area contributed by atoms with E-state index in [-0.39, 0.29) is 5.91 Å². The van der Waals surface area contributed by atoms with Gasteiger partial charge in [0.25, 0.3) is 5.91 Å². The van der Waals surface area contributed by atoms with Crippen LogP contribution in [0.3, 0.4) is 0 Å². The molecular formula is C13H18ClN3OS. The van der Waals surface area contributed by atoms with E-state index >= 15 is 0 Å². The molecule has 2 heterocycles. The quantitative estimate of drug-likeness (QED) is 0.897. The second-order valence-corrected chi connectivity index (χ2v) is 6.32.